The Kier molecular flexibility index (Phi) is 6.27. The molecule has 10 heteroatoms. The lowest BCUT2D eigenvalue weighted by Crippen LogP contribution is -2.48. The average molecular weight is 436 g/mol. The molecule has 0 bridgehead atoms. The van der Waals surface area contributed by atoms with Crippen molar-refractivity contribution < 1.29 is 14.4 Å². The number of rotatable bonds is 6. The van der Waals surface area contributed by atoms with Crippen LogP contribution in [0.3, 0.4) is 0 Å². The van der Waals surface area contributed by atoms with Gasteiger partial charge in [0.05, 0.1) is 18.1 Å². The van der Waals surface area contributed by atoms with E-state index >= 15 is 0 Å². The molecule has 0 unspecified atom stereocenters. The molecule has 1 aliphatic rings. The molecule has 1 saturated heterocycles. The second kappa shape index (κ2) is 9.43. The van der Waals surface area contributed by atoms with Crippen LogP contribution >= 0.6 is 11.8 Å². The summed E-state index contributed by atoms with van der Waals surface area (Å²) in [4.78, 5) is 43.0. The predicted octanol–water partition coefficient (Wildman–Crippen LogP) is 1.54. The lowest BCUT2D eigenvalue weighted by molar-refractivity contribution is -0.126. The zero-order chi connectivity index (χ0) is 21.6. The maximum atomic E-state index is 12.7. The highest BCUT2D eigenvalue weighted by atomic mass is 32.2. The third-order valence-electron chi connectivity index (χ3n) is 4.72. The van der Waals surface area contributed by atoms with E-state index in [2.05, 4.69) is 20.7 Å². The molecule has 158 valence electrons. The standard InChI is InChI=1S/C21H20N6O3S/c28-19(25-16-6-8-17(9-7-16)27-13-22-12-24-27)10-23-20(29)18-11-31-14-26(18)21(30)15-4-2-1-3-5-15/h1-9,12-13,18H,10-11,14H2,(H,23,29)(H,25,28)/t18-/m0/s1. The maximum Gasteiger partial charge on any atom is 0.255 e. The van der Waals surface area contributed by atoms with E-state index in [-0.39, 0.29) is 24.3 Å². The van der Waals surface area contributed by atoms with Gasteiger partial charge in [-0.15, -0.1) is 11.8 Å². The number of benzene rings is 2. The Balaban J connectivity index is 1.29. The molecule has 2 N–H and O–H groups in total. The van der Waals surface area contributed by atoms with E-state index in [4.69, 9.17) is 0 Å². The van der Waals surface area contributed by atoms with Crippen LogP contribution in [0.25, 0.3) is 5.69 Å². The first kappa shape index (κ1) is 20.6. The molecule has 0 aliphatic carbocycles. The van der Waals surface area contributed by atoms with Crippen molar-refractivity contribution in [2.75, 3.05) is 23.5 Å². The van der Waals surface area contributed by atoms with Gasteiger partial charge in [0.2, 0.25) is 11.8 Å². The van der Waals surface area contributed by atoms with Gasteiger partial charge in [0.15, 0.2) is 0 Å². The molecule has 2 aromatic carbocycles. The number of thioether (sulfide) groups is 1. The SMILES string of the molecule is O=C(CNC(=O)[C@@H]1CSCN1C(=O)c1ccccc1)Nc1ccc(-n2cncn2)cc1. The van der Waals surface area contributed by atoms with Gasteiger partial charge >= 0.3 is 0 Å². The van der Waals surface area contributed by atoms with Crippen molar-refractivity contribution in [2.24, 2.45) is 0 Å². The fourth-order valence-electron chi connectivity index (χ4n) is 3.14. The van der Waals surface area contributed by atoms with Crippen molar-refractivity contribution in [1.82, 2.24) is 25.0 Å². The zero-order valence-electron chi connectivity index (χ0n) is 16.5. The summed E-state index contributed by atoms with van der Waals surface area (Å²) >= 11 is 1.51. The average Bonchev–Trinajstić information content (AvgIpc) is 3.50. The first-order valence-electron chi connectivity index (χ1n) is 9.58. The summed E-state index contributed by atoms with van der Waals surface area (Å²) in [5.74, 6) is 0.0494. The molecular formula is C21H20N6O3S. The van der Waals surface area contributed by atoms with Gasteiger partial charge in [-0.1, -0.05) is 18.2 Å². The van der Waals surface area contributed by atoms with Gasteiger partial charge < -0.3 is 15.5 Å². The van der Waals surface area contributed by atoms with Crippen molar-refractivity contribution in [3.63, 3.8) is 0 Å². The predicted molar refractivity (Wildman–Crippen MR) is 117 cm³/mol. The molecular weight excluding hydrogens is 416 g/mol. The molecule has 1 fully saturated rings. The Bertz CT molecular complexity index is 1060. The third kappa shape index (κ3) is 4.92. The Morgan fingerprint density at radius 1 is 1.06 bits per heavy atom. The molecule has 2 heterocycles. The van der Waals surface area contributed by atoms with Gasteiger partial charge in [-0.2, -0.15) is 5.10 Å². The lowest BCUT2D eigenvalue weighted by atomic mass is 10.1. The van der Waals surface area contributed by atoms with Crippen LogP contribution in [0.2, 0.25) is 0 Å². The number of nitrogens with zero attached hydrogens (tertiary/aromatic N) is 4. The van der Waals surface area contributed by atoms with Crippen LogP contribution in [-0.4, -0.2) is 61.6 Å². The molecule has 1 atom stereocenters. The molecule has 9 nitrogen and oxygen atoms in total. The minimum absolute atomic E-state index is 0.182. The number of carbonyl (C=O) groups excluding carboxylic acids is 3. The summed E-state index contributed by atoms with van der Waals surface area (Å²) in [6.07, 6.45) is 3.02. The molecule has 31 heavy (non-hydrogen) atoms. The highest BCUT2D eigenvalue weighted by Crippen LogP contribution is 2.23. The van der Waals surface area contributed by atoms with Crippen LogP contribution in [0.15, 0.2) is 67.3 Å². The number of amides is 3. The fourth-order valence-corrected chi connectivity index (χ4v) is 4.29. The molecule has 0 saturated carbocycles. The van der Waals surface area contributed by atoms with Gasteiger partial charge in [0, 0.05) is 17.0 Å². The highest BCUT2D eigenvalue weighted by molar-refractivity contribution is 7.99. The second-order valence-corrected chi connectivity index (χ2v) is 7.81. The van der Waals surface area contributed by atoms with E-state index in [1.54, 1.807) is 59.5 Å². The summed E-state index contributed by atoms with van der Waals surface area (Å²) < 4.78 is 1.61. The summed E-state index contributed by atoms with van der Waals surface area (Å²) in [7, 11) is 0. The van der Waals surface area contributed by atoms with E-state index < -0.39 is 6.04 Å². The Morgan fingerprint density at radius 3 is 2.55 bits per heavy atom. The molecule has 0 radical (unpaired) electrons. The quantitative estimate of drug-likeness (QED) is 0.607. The number of anilines is 1. The van der Waals surface area contributed by atoms with E-state index in [1.165, 1.54) is 23.0 Å². The minimum Gasteiger partial charge on any atom is -0.345 e. The topological polar surface area (TPSA) is 109 Å². The molecule has 3 aromatic rings. The van der Waals surface area contributed by atoms with Crippen LogP contribution in [0.1, 0.15) is 10.4 Å². The molecule has 0 spiro atoms. The van der Waals surface area contributed by atoms with Crippen LogP contribution in [-0.2, 0) is 9.59 Å². The van der Waals surface area contributed by atoms with Gasteiger partial charge in [-0.05, 0) is 36.4 Å². The maximum absolute atomic E-state index is 12.7. The molecule has 1 aliphatic heterocycles. The molecule has 4 rings (SSSR count). The van der Waals surface area contributed by atoms with E-state index in [9.17, 15) is 14.4 Å². The number of carbonyl (C=O) groups is 3. The molecule has 3 amide bonds. The zero-order valence-corrected chi connectivity index (χ0v) is 17.3. The monoisotopic (exact) mass is 436 g/mol. The van der Waals surface area contributed by atoms with E-state index in [0.717, 1.165) is 5.69 Å². The highest BCUT2D eigenvalue weighted by Gasteiger charge is 2.35. The van der Waals surface area contributed by atoms with Gasteiger partial charge in [0.1, 0.15) is 18.7 Å². The summed E-state index contributed by atoms with van der Waals surface area (Å²) in [5, 5.41) is 9.41. The van der Waals surface area contributed by atoms with E-state index in [1.807, 2.05) is 6.07 Å². The van der Waals surface area contributed by atoms with E-state index in [0.29, 0.717) is 22.9 Å². The van der Waals surface area contributed by atoms with Crippen molar-refractivity contribution >= 4 is 35.2 Å². The Hall–Kier alpha value is -3.66. The van der Waals surface area contributed by atoms with Gasteiger partial charge in [-0.25, -0.2) is 9.67 Å². The van der Waals surface area contributed by atoms with Crippen molar-refractivity contribution in [3.05, 3.63) is 72.8 Å². The fraction of sp³-hybridized carbons (Fsp3) is 0.190. The lowest BCUT2D eigenvalue weighted by Gasteiger charge is -2.23. The van der Waals surface area contributed by atoms with Gasteiger partial charge in [0.25, 0.3) is 5.91 Å². The molecule has 1 aromatic heterocycles. The first-order valence-corrected chi connectivity index (χ1v) is 10.7. The number of hydrogen-bond donors (Lipinski definition) is 2. The summed E-state index contributed by atoms with van der Waals surface area (Å²) in [6, 6.07) is 15.3. The number of hydrogen-bond acceptors (Lipinski definition) is 6. The normalized spacial score (nSPS) is 15.5. The Morgan fingerprint density at radius 2 is 1.84 bits per heavy atom. The van der Waals surface area contributed by atoms with Crippen LogP contribution in [0.4, 0.5) is 5.69 Å². The third-order valence-corrected chi connectivity index (χ3v) is 5.74. The van der Waals surface area contributed by atoms with Crippen molar-refractivity contribution in [3.8, 4) is 5.69 Å². The van der Waals surface area contributed by atoms with Crippen molar-refractivity contribution in [2.45, 2.75) is 6.04 Å². The first-order chi connectivity index (χ1) is 15.1. The van der Waals surface area contributed by atoms with Gasteiger partial charge in [-0.3, -0.25) is 14.4 Å². The van der Waals surface area contributed by atoms with Crippen LogP contribution < -0.4 is 10.6 Å². The largest absolute Gasteiger partial charge is 0.345 e. The number of aromatic nitrogens is 3. The summed E-state index contributed by atoms with van der Waals surface area (Å²) in [5.41, 5.74) is 1.95. The minimum atomic E-state index is -0.604. The summed E-state index contributed by atoms with van der Waals surface area (Å²) in [6.45, 7) is -0.182. The Labute approximate surface area is 182 Å². The number of nitrogens with one attached hydrogen (secondary N) is 2. The van der Waals surface area contributed by atoms with Crippen LogP contribution in [0.5, 0.6) is 0 Å². The smallest absolute Gasteiger partial charge is 0.255 e. The second-order valence-electron chi connectivity index (χ2n) is 6.81. The van der Waals surface area contributed by atoms with Crippen molar-refractivity contribution in [1.29, 1.82) is 0 Å². The van der Waals surface area contributed by atoms with Crippen LogP contribution in [0, 0.1) is 0 Å².